The third-order valence-corrected chi connectivity index (χ3v) is 14.3. The van der Waals surface area contributed by atoms with E-state index >= 15 is 0 Å². The number of para-hydroxylation sites is 3. The van der Waals surface area contributed by atoms with Gasteiger partial charge in [-0.2, -0.15) is 0 Å². The lowest BCUT2D eigenvalue weighted by molar-refractivity contribution is 0.666. The van der Waals surface area contributed by atoms with Crippen molar-refractivity contribution in [2.75, 3.05) is 0 Å². The molecule has 0 aliphatic carbocycles. The largest absolute Gasteiger partial charge is 0.454 e. The van der Waals surface area contributed by atoms with Gasteiger partial charge in [-0.25, -0.2) is 15.0 Å². The van der Waals surface area contributed by atoms with Gasteiger partial charge in [-0.05, 0) is 99.4 Å². The van der Waals surface area contributed by atoms with Gasteiger partial charge in [0.2, 0.25) is 0 Å². The zero-order valence-corrected chi connectivity index (χ0v) is 38.2. The number of benzene rings is 11. The molecule has 0 bridgehead atoms. The van der Waals surface area contributed by atoms with Crippen LogP contribution in [-0.2, 0) is 0 Å². The molecule has 6 heteroatoms. The summed E-state index contributed by atoms with van der Waals surface area (Å²) in [7, 11) is 0. The smallest absolute Gasteiger partial charge is 0.164 e. The molecule has 4 aromatic heterocycles. The van der Waals surface area contributed by atoms with Crippen LogP contribution in [0.3, 0.4) is 0 Å². The Morgan fingerprint density at radius 2 is 0.915 bits per heavy atom. The molecule has 0 saturated heterocycles. The second kappa shape index (κ2) is 15.4. The molecule has 6 nitrogen and oxygen atoms in total. The van der Waals surface area contributed by atoms with Gasteiger partial charge >= 0.3 is 0 Å². The lowest BCUT2D eigenvalue weighted by atomic mass is 10.0. The maximum atomic E-state index is 7.08. The first-order valence-corrected chi connectivity index (χ1v) is 24.0. The third-order valence-electron chi connectivity index (χ3n) is 14.3. The first kappa shape index (κ1) is 39.4. The van der Waals surface area contributed by atoms with E-state index in [1.807, 2.05) is 6.07 Å². The molecule has 0 aliphatic rings. The minimum atomic E-state index is 0.558. The summed E-state index contributed by atoms with van der Waals surface area (Å²) in [4.78, 5) is 16.5. The first-order valence-electron chi connectivity index (χ1n) is 24.0. The summed E-state index contributed by atoms with van der Waals surface area (Å²) in [6.07, 6.45) is 0. The Bertz CT molecular complexity index is 4640. The predicted octanol–water partition coefficient (Wildman–Crippen LogP) is 16.9. The summed E-state index contributed by atoms with van der Waals surface area (Å²) in [5.74, 6) is 1.73. The molecule has 4 heterocycles. The maximum absolute atomic E-state index is 7.08. The Labute approximate surface area is 407 Å². The van der Waals surface area contributed by atoms with Crippen molar-refractivity contribution in [3.63, 3.8) is 0 Å². The summed E-state index contributed by atoms with van der Waals surface area (Å²) in [6.45, 7) is 0. The number of hydrogen-bond acceptors (Lipinski definition) is 4. The fourth-order valence-electron chi connectivity index (χ4n) is 11.1. The third kappa shape index (κ3) is 6.11. The molecule has 0 radical (unpaired) electrons. The Morgan fingerprint density at radius 1 is 0.310 bits per heavy atom. The Balaban J connectivity index is 1.06. The van der Waals surface area contributed by atoms with Crippen molar-refractivity contribution in [3.05, 3.63) is 237 Å². The number of furan rings is 1. The van der Waals surface area contributed by atoms with E-state index in [-0.39, 0.29) is 0 Å². The van der Waals surface area contributed by atoms with Crippen LogP contribution in [0.15, 0.2) is 241 Å². The molecule has 0 N–H and O–H groups in total. The summed E-state index contributed by atoms with van der Waals surface area (Å²) < 4.78 is 11.8. The highest BCUT2D eigenvalue weighted by Crippen LogP contribution is 2.44. The van der Waals surface area contributed by atoms with E-state index in [2.05, 4.69) is 240 Å². The number of aromatic nitrogens is 5. The first-order chi connectivity index (χ1) is 35.2. The monoisotopic (exact) mass is 905 g/mol. The summed E-state index contributed by atoms with van der Waals surface area (Å²) in [5.41, 5.74) is 12.8. The summed E-state index contributed by atoms with van der Waals surface area (Å²) in [6, 6.07) is 83.8. The molecule has 330 valence electrons. The van der Waals surface area contributed by atoms with Crippen LogP contribution in [-0.4, -0.2) is 24.1 Å². The van der Waals surface area contributed by atoms with Crippen LogP contribution < -0.4 is 0 Å². The average molecular weight is 906 g/mol. The fourth-order valence-corrected chi connectivity index (χ4v) is 11.1. The van der Waals surface area contributed by atoms with Gasteiger partial charge in [0.15, 0.2) is 23.1 Å². The molecule has 71 heavy (non-hydrogen) atoms. The number of rotatable bonds is 6. The minimum absolute atomic E-state index is 0.558. The highest BCUT2D eigenvalue weighted by Gasteiger charge is 2.24. The standard InChI is InChI=1S/C65H39N5O/c1-3-17-40(18-4-1)42-22-15-23-45(35-42)63-66-64(68-65(67-63)51-29-16-32-56-60(51)50-28-12-14-31-55(50)69(56)47-24-5-2-6-25-47)46-37-53-61-48-26-10-9-19-41(48)33-34-59(61)71-62(53)58(39-46)70-54-30-13-11-27-49(54)52-36-43-20-7-8-21-44(43)38-57(52)70/h1-39H. The van der Waals surface area contributed by atoms with Crippen molar-refractivity contribution >= 4 is 87.1 Å². The molecule has 0 amide bonds. The lowest BCUT2D eigenvalue weighted by Gasteiger charge is -2.14. The van der Waals surface area contributed by atoms with Crippen LogP contribution in [0.1, 0.15) is 0 Å². The van der Waals surface area contributed by atoms with Gasteiger partial charge in [-0.15, -0.1) is 0 Å². The second-order valence-corrected chi connectivity index (χ2v) is 18.3. The minimum Gasteiger partial charge on any atom is -0.454 e. The van der Waals surface area contributed by atoms with Crippen LogP contribution in [0.5, 0.6) is 0 Å². The van der Waals surface area contributed by atoms with Crippen LogP contribution >= 0.6 is 0 Å². The summed E-state index contributed by atoms with van der Waals surface area (Å²) in [5, 5.41) is 11.2. The molecule has 0 fully saturated rings. The Hall–Kier alpha value is -9.65. The van der Waals surface area contributed by atoms with E-state index in [4.69, 9.17) is 19.4 Å². The normalized spacial score (nSPS) is 11.9. The molecule has 0 atom stereocenters. The SMILES string of the molecule is c1ccc(-c2cccc(-c3nc(-c4cc(-n5c6ccccc6c6cc7ccccc7cc65)c5oc6ccc7ccccc7c6c5c4)nc(-c4cccc5c4c4ccccc4n5-c4ccccc4)n3)c2)cc1. The second-order valence-electron chi connectivity index (χ2n) is 18.3. The van der Waals surface area contributed by atoms with E-state index in [9.17, 15) is 0 Å². The molecule has 11 aromatic carbocycles. The maximum Gasteiger partial charge on any atom is 0.164 e. The molecule has 15 aromatic rings. The van der Waals surface area contributed by atoms with Gasteiger partial charge in [0.25, 0.3) is 0 Å². The van der Waals surface area contributed by atoms with Gasteiger partial charge in [0.05, 0.1) is 27.8 Å². The molecule has 0 unspecified atom stereocenters. The van der Waals surface area contributed by atoms with E-state index in [0.29, 0.717) is 17.5 Å². The predicted molar refractivity (Wildman–Crippen MR) is 293 cm³/mol. The molecule has 0 spiro atoms. The van der Waals surface area contributed by atoms with Gasteiger partial charge in [0, 0.05) is 54.7 Å². The summed E-state index contributed by atoms with van der Waals surface area (Å²) >= 11 is 0. The molecule has 0 aliphatic heterocycles. The van der Waals surface area contributed by atoms with Crippen molar-refractivity contribution in [2.24, 2.45) is 0 Å². The zero-order chi connectivity index (χ0) is 46.6. The van der Waals surface area contributed by atoms with E-state index in [1.54, 1.807) is 0 Å². The fraction of sp³-hybridized carbons (Fsp3) is 0. The van der Waals surface area contributed by atoms with Gasteiger partial charge in [0.1, 0.15) is 5.58 Å². The molecular formula is C65H39N5O. The van der Waals surface area contributed by atoms with Crippen molar-refractivity contribution in [2.45, 2.75) is 0 Å². The van der Waals surface area contributed by atoms with Crippen LogP contribution in [0, 0.1) is 0 Å². The van der Waals surface area contributed by atoms with Crippen LogP contribution in [0.2, 0.25) is 0 Å². The number of nitrogens with zero attached hydrogens (tertiary/aromatic N) is 5. The van der Waals surface area contributed by atoms with E-state index in [1.165, 1.54) is 21.5 Å². The topological polar surface area (TPSA) is 61.7 Å². The highest BCUT2D eigenvalue weighted by molar-refractivity contribution is 6.22. The van der Waals surface area contributed by atoms with Crippen LogP contribution in [0.4, 0.5) is 0 Å². The van der Waals surface area contributed by atoms with Gasteiger partial charge < -0.3 is 13.6 Å². The zero-order valence-electron chi connectivity index (χ0n) is 38.2. The van der Waals surface area contributed by atoms with Crippen molar-refractivity contribution < 1.29 is 4.42 Å². The van der Waals surface area contributed by atoms with Crippen molar-refractivity contribution in [1.29, 1.82) is 0 Å². The lowest BCUT2D eigenvalue weighted by Crippen LogP contribution is -2.02. The molecular weight excluding hydrogens is 867 g/mol. The Morgan fingerprint density at radius 3 is 1.73 bits per heavy atom. The van der Waals surface area contributed by atoms with E-state index in [0.717, 1.165) is 105 Å². The van der Waals surface area contributed by atoms with Crippen molar-refractivity contribution in [3.8, 4) is 56.7 Å². The highest BCUT2D eigenvalue weighted by atomic mass is 16.3. The van der Waals surface area contributed by atoms with E-state index < -0.39 is 0 Å². The molecule has 0 saturated carbocycles. The average Bonchev–Trinajstić information content (AvgIpc) is 4.10. The van der Waals surface area contributed by atoms with Gasteiger partial charge in [-0.3, -0.25) is 0 Å². The number of hydrogen-bond donors (Lipinski definition) is 0. The quantitative estimate of drug-likeness (QED) is 0.167. The van der Waals surface area contributed by atoms with Crippen molar-refractivity contribution in [1.82, 2.24) is 24.1 Å². The number of fused-ring (bicyclic) bond motifs is 12. The molecule has 15 rings (SSSR count). The van der Waals surface area contributed by atoms with Crippen LogP contribution in [0.25, 0.3) is 144 Å². The van der Waals surface area contributed by atoms with Gasteiger partial charge in [-0.1, -0.05) is 170 Å². The Kier molecular flexibility index (Phi) is 8.56.